The normalized spacial score (nSPS) is 12.2. The van der Waals surface area contributed by atoms with Crippen LogP contribution < -0.4 is 10.0 Å². The van der Waals surface area contributed by atoms with Crippen LogP contribution in [0.25, 0.3) is 21.5 Å². The Kier molecular flexibility index (Phi) is 6.70. The summed E-state index contributed by atoms with van der Waals surface area (Å²) in [6, 6.07) is 14.6. The molecular formula is C24H23N5O2S2. The second-order valence-corrected chi connectivity index (χ2v) is 10.1. The molecule has 4 rings (SSSR count). The van der Waals surface area contributed by atoms with Crippen molar-refractivity contribution in [1.82, 2.24) is 19.7 Å². The Bertz CT molecular complexity index is 1470. The zero-order valence-electron chi connectivity index (χ0n) is 18.5. The predicted molar refractivity (Wildman–Crippen MR) is 133 cm³/mol. The molecule has 7 nitrogen and oxygen atoms in total. The van der Waals surface area contributed by atoms with Gasteiger partial charge in [-0.1, -0.05) is 24.1 Å². The first-order valence-electron chi connectivity index (χ1n) is 10.3. The molecule has 1 atom stereocenters. The van der Waals surface area contributed by atoms with E-state index in [0.717, 1.165) is 27.0 Å². The molecule has 0 radical (unpaired) electrons. The van der Waals surface area contributed by atoms with Crippen LogP contribution in [0, 0.1) is 18.8 Å². The molecule has 2 aromatic carbocycles. The molecule has 0 aliphatic rings. The maximum Gasteiger partial charge on any atom is 0.241 e. The molecule has 4 aromatic rings. The smallest absolute Gasteiger partial charge is 0.241 e. The molecule has 0 aliphatic carbocycles. The van der Waals surface area contributed by atoms with Gasteiger partial charge in [-0.25, -0.2) is 23.4 Å². The van der Waals surface area contributed by atoms with Crippen LogP contribution in [-0.2, 0) is 10.0 Å². The van der Waals surface area contributed by atoms with Gasteiger partial charge in [0.05, 0.1) is 32.9 Å². The second kappa shape index (κ2) is 9.67. The zero-order chi connectivity index (χ0) is 23.4. The topological polar surface area (TPSA) is 96.9 Å². The first kappa shape index (κ1) is 22.9. The van der Waals surface area contributed by atoms with Gasteiger partial charge in [-0.05, 0) is 50.6 Å². The van der Waals surface area contributed by atoms with Crippen molar-refractivity contribution in [3.05, 3.63) is 65.4 Å². The lowest BCUT2D eigenvalue weighted by Crippen LogP contribution is -2.24. The number of sulfonamides is 1. The van der Waals surface area contributed by atoms with Gasteiger partial charge in [-0.15, -0.1) is 17.3 Å². The van der Waals surface area contributed by atoms with E-state index in [9.17, 15) is 8.42 Å². The average Bonchev–Trinajstić information content (AvgIpc) is 3.27. The minimum absolute atomic E-state index is 0.0766. The third kappa shape index (κ3) is 5.37. The Labute approximate surface area is 197 Å². The highest BCUT2D eigenvalue weighted by molar-refractivity contribution is 7.89. The van der Waals surface area contributed by atoms with Crippen LogP contribution in [0.5, 0.6) is 0 Å². The zero-order valence-corrected chi connectivity index (χ0v) is 20.1. The van der Waals surface area contributed by atoms with Crippen molar-refractivity contribution in [2.24, 2.45) is 0 Å². The SMILES string of the molecule is CC#CCNS(=O)(=O)c1cccc(C(C)Nc2cc(-c3ccc4ncsc4c3)nc(C)n2)c1. The van der Waals surface area contributed by atoms with E-state index in [0.29, 0.717) is 11.6 Å². The second-order valence-electron chi connectivity index (χ2n) is 7.41. The van der Waals surface area contributed by atoms with E-state index in [4.69, 9.17) is 0 Å². The number of hydrogen-bond donors (Lipinski definition) is 2. The van der Waals surface area contributed by atoms with E-state index < -0.39 is 10.0 Å². The predicted octanol–water partition coefficient (Wildman–Crippen LogP) is 4.54. The van der Waals surface area contributed by atoms with Gasteiger partial charge in [-0.3, -0.25) is 0 Å². The Morgan fingerprint density at radius 1 is 1.12 bits per heavy atom. The molecule has 0 aliphatic heterocycles. The van der Waals surface area contributed by atoms with Gasteiger partial charge in [0, 0.05) is 17.7 Å². The van der Waals surface area contributed by atoms with Gasteiger partial charge in [0.25, 0.3) is 0 Å². The summed E-state index contributed by atoms with van der Waals surface area (Å²) in [5.41, 5.74) is 5.42. The van der Waals surface area contributed by atoms with E-state index in [2.05, 4.69) is 42.9 Å². The number of nitrogens with zero attached hydrogens (tertiary/aromatic N) is 3. The van der Waals surface area contributed by atoms with Crippen LogP contribution in [0.3, 0.4) is 0 Å². The van der Waals surface area contributed by atoms with Gasteiger partial charge in [0.2, 0.25) is 10.0 Å². The monoisotopic (exact) mass is 477 g/mol. The number of fused-ring (bicyclic) bond motifs is 1. The number of hydrogen-bond acceptors (Lipinski definition) is 7. The fourth-order valence-electron chi connectivity index (χ4n) is 3.36. The molecule has 2 heterocycles. The Morgan fingerprint density at radius 2 is 1.97 bits per heavy atom. The summed E-state index contributed by atoms with van der Waals surface area (Å²) in [6.07, 6.45) is 0. The van der Waals surface area contributed by atoms with Crippen LogP contribution >= 0.6 is 11.3 Å². The molecule has 2 N–H and O–H groups in total. The summed E-state index contributed by atoms with van der Waals surface area (Å²) >= 11 is 1.59. The van der Waals surface area contributed by atoms with Crippen molar-refractivity contribution in [2.45, 2.75) is 31.7 Å². The maximum absolute atomic E-state index is 12.5. The van der Waals surface area contributed by atoms with E-state index in [1.807, 2.05) is 43.6 Å². The fraction of sp³-hybridized carbons (Fsp3) is 0.208. The molecule has 0 saturated carbocycles. The third-order valence-corrected chi connectivity index (χ3v) is 7.22. The van der Waals surface area contributed by atoms with E-state index in [1.54, 1.807) is 36.5 Å². The van der Waals surface area contributed by atoms with E-state index >= 15 is 0 Å². The van der Waals surface area contributed by atoms with E-state index in [-0.39, 0.29) is 17.5 Å². The first-order valence-corrected chi connectivity index (χ1v) is 12.7. The molecule has 0 fully saturated rings. The van der Waals surface area contributed by atoms with Crippen molar-refractivity contribution < 1.29 is 8.42 Å². The summed E-state index contributed by atoms with van der Waals surface area (Å²) in [6.45, 7) is 5.55. The number of aryl methyl sites for hydroxylation is 1. The van der Waals surface area contributed by atoms with Crippen LogP contribution in [0.2, 0.25) is 0 Å². The lowest BCUT2D eigenvalue weighted by Gasteiger charge is -2.17. The molecular weight excluding hydrogens is 454 g/mol. The molecule has 2 aromatic heterocycles. The Balaban J connectivity index is 1.57. The standard InChI is InChI=1S/C24H23N5O2S2/c1-4-5-11-26-33(30,31)20-8-6-7-18(12-20)16(2)27-24-14-22(28-17(3)29-24)19-9-10-21-23(13-19)32-15-25-21/h6-10,12-16,26H,11H2,1-3H3,(H,27,28,29). The molecule has 0 amide bonds. The molecule has 0 bridgehead atoms. The highest BCUT2D eigenvalue weighted by Gasteiger charge is 2.16. The van der Waals surface area contributed by atoms with Gasteiger partial charge in [0.1, 0.15) is 11.6 Å². The van der Waals surface area contributed by atoms with Crippen LogP contribution in [0.4, 0.5) is 5.82 Å². The summed E-state index contributed by atoms with van der Waals surface area (Å²) in [5.74, 6) is 6.69. The average molecular weight is 478 g/mol. The summed E-state index contributed by atoms with van der Waals surface area (Å²) in [7, 11) is -3.63. The van der Waals surface area contributed by atoms with Crippen LogP contribution in [0.15, 0.2) is 58.9 Å². The minimum atomic E-state index is -3.63. The van der Waals surface area contributed by atoms with Gasteiger partial charge < -0.3 is 5.32 Å². The number of aromatic nitrogens is 3. The van der Waals surface area contributed by atoms with E-state index in [1.165, 1.54) is 0 Å². The van der Waals surface area contributed by atoms with Crippen molar-refractivity contribution in [3.63, 3.8) is 0 Å². The van der Waals surface area contributed by atoms with Crippen LogP contribution in [0.1, 0.15) is 31.3 Å². The number of benzene rings is 2. The molecule has 168 valence electrons. The maximum atomic E-state index is 12.5. The Hall–Kier alpha value is -3.32. The van der Waals surface area contributed by atoms with Gasteiger partial charge in [0.15, 0.2) is 0 Å². The van der Waals surface area contributed by atoms with Gasteiger partial charge in [-0.2, -0.15) is 4.72 Å². The fourth-order valence-corrected chi connectivity index (χ4v) is 5.06. The lowest BCUT2D eigenvalue weighted by molar-refractivity contribution is 0.586. The minimum Gasteiger partial charge on any atom is -0.363 e. The van der Waals surface area contributed by atoms with Gasteiger partial charge >= 0.3 is 0 Å². The molecule has 33 heavy (non-hydrogen) atoms. The summed E-state index contributed by atoms with van der Waals surface area (Å²) in [5, 5.41) is 3.37. The molecule has 0 saturated heterocycles. The quantitative estimate of drug-likeness (QED) is 0.380. The number of nitrogens with one attached hydrogen (secondary N) is 2. The molecule has 9 heteroatoms. The molecule has 1 unspecified atom stereocenters. The summed E-state index contributed by atoms with van der Waals surface area (Å²) in [4.78, 5) is 13.6. The van der Waals surface area contributed by atoms with Crippen molar-refractivity contribution in [2.75, 3.05) is 11.9 Å². The molecule has 0 spiro atoms. The highest BCUT2D eigenvalue weighted by Crippen LogP contribution is 2.28. The third-order valence-electron chi connectivity index (χ3n) is 5.03. The first-order chi connectivity index (χ1) is 15.9. The van der Waals surface area contributed by atoms with Crippen molar-refractivity contribution >= 4 is 37.4 Å². The Morgan fingerprint density at radius 3 is 2.79 bits per heavy atom. The van der Waals surface area contributed by atoms with Crippen LogP contribution in [-0.4, -0.2) is 29.9 Å². The summed E-state index contributed by atoms with van der Waals surface area (Å²) < 4.78 is 28.7. The number of anilines is 1. The van der Waals surface area contributed by atoms with Crippen molar-refractivity contribution in [3.8, 4) is 23.1 Å². The highest BCUT2D eigenvalue weighted by atomic mass is 32.2. The lowest BCUT2D eigenvalue weighted by atomic mass is 10.1. The number of thiazole rings is 1. The number of rotatable bonds is 7. The van der Waals surface area contributed by atoms with Crippen molar-refractivity contribution in [1.29, 1.82) is 0 Å². The largest absolute Gasteiger partial charge is 0.363 e.